The normalized spacial score (nSPS) is 13.7. The van der Waals surface area contributed by atoms with Gasteiger partial charge in [-0.1, -0.05) is 37.1 Å². The highest BCUT2D eigenvalue weighted by Gasteiger charge is 2.09. The Morgan fingerprint density at radius 2 is 1.54 bits per heavy atom. The number of aromatic nitrogens is 2. The van der Waals surface area contributed by atoms with Gasteiger partial charge in [0.15, 0.2) is 0 Å². The van der Waals surface area contributed by atoms with Gasteiger partial charge < -0.3 is 17.2 Å². The number of nitrogens with zero attached hydrogens (tertiary/aromatic N) is 1. The van der Waals surface area contributed by atoms with E-state index in [-0.39, 0.29) is 6.04 Å². The van der Waals surface area contributed by atoms with Crippen molar-refractivity contribution in [2.75, 3.05) is 6.54 Å². The molecule has 1 heterocycles. The van der Waals surface area contributed by atoms with Gasteiger partial charge in [0.05, 0.1) is 5.69 Å². The summed E-state index contributed by atoms with van der Waals surface area (Å²) in [7, 11) is 0. The summed E-state index contributed by atoms with van der Waals surface area (Å²) >= 11 is 0. The minimum Gasteiger partial charge on any atom is -0.330 e. The number of aromatic amines is 1. The third-order valence-corrected chi connectivity index (χ3v) is 5.01. The minimum atomic E-state index is 0.269. The van der Waals surface area contributed by atoms with Crippen LogP contribution >= 0.6 is 0 Å². The topological polar surface area (TPSA) is 107 Å². The average molecular weight is 358 g/mol. The maximum atomic E-state index is 6.30. The Morgan fingerprint density at radius 3 is 2.23 bits per heavy atom. The van der Waals surface area contributed by atoms with E-state index >= 15 is 0 Å². The summed E-state index contributed by atoms with van der Waals surface area (Å²) in [5, 5.41) is 7.11. The van der Waals surface area contributed by atoms with Gasteiger partial charge in [-0.2, -0.15) is 5.10 Å². The average Bonchev–Trinajstić information content (AvgIpc) is 3.17. The van der Waals surface area contributed by atoms with Crippen LogP contribution in [-0.4, -0.2) is 28.8 Å². The fraction of sp³-hybridized carbons (Fsp3) is 0.571. The molecule has 0 saturated heterocycles. The highest BCUT2D eigenvalue weighted by atomic mass is 15.1. The van der Waals surface area contributed by atoms with Gasteiger partial charge in [-0.3, -0.25) is 5.10 Å². The van der Waals surface area contributed by atoms with Crippen molar-refractivity contribution in [3.8, 4) is 11.3 Å². The number of benzene rings is 1. The molecule has 2 atom stereocenters. The molecule has 26 heavy (non-hydrogen) atoms. The predicted molar refractivity (Wildman–Crippen MR) is 110 cm³/mol. The Morgan fingerprint density at radius 1 is 0.846 bits per heavy atom. The molecule has 144 valence electrons. The van der Waals surface area contributed by atoms with Crippen LogP contribution in [-0.2, 0) is 6.42 Å². The van der Waals surface area contributed by atoms with E-state index in [0.717, 1.165) is 70.0 Å². The largest absolute Gasteiger partial charge is 0.330 e. The van der Waals surface area contributed by atoms with E-state index in [4.69, 9.17) is 17.2 Å². The van der Waals surface area contributed by atoms with E-state index < -0.39 is 0 Å². The fourth-order valence-corrected chi connectivity index (χ4v) is 3.44. The van der Waals surface area contributed by atoms with Gasteiger partial charge in [0.25, 0.3) is 0 Å². The van der Waals surface area contributed by atoms with Gasteiger partial charge in [-0.05, 0) is 63.1 Å². The van der Waals surface area contributed by atoms with Crippen LogP contribution in [0.15, 0.2) is 36.5 Å². The zero-order valence-corrected chi connectivity index (χ0v) is 15.9. The molecule has 1 aromatic heterocycles. The van der Waals surface area contributed by atoms with Crippen molar-refractivity contribution in [3.05, 3.63) is 42.1 Å². The first-order valence-electron chi connectivity index (χ1n) is 9.99. The van der Waals surface area contributed by atoms with E-state index in [1.807, 2.05) is 6.07 Å². The third kappa shape index (κ3) is 7.28. The summed E-state index contributed by atoms with van der Waals surface area (Å²) in [6, 6.07) is 11.1. The summed E-state index contributed by atoms with van der Waals surface area (Å²) in [5.74, 6) is 0. The lowest BCUT2D eigenvalue weighted by Gasteiger charge is -2.15. The number of H-pyrrole nitrogens is 1. The number of rotatable bonds is 13. The number of aryl methyl sites for hydroxylation is 1. The molecule has 0 bridgehead atoms. The van der Waals surface area contributed by atoms with Gasteiger partial charge >= 0.3 is 0 Å². The number of hydrogen-bond donors (Lipinski definition) is 4. The molecule has 0 aliphatic rings. The second kappa shape index (κ2) is 11.8. The zero-order valence-electron chi connectivity index (χ0n) is 15.9. The minimum absolute atomic E-state index is 0.269. The fourth-order valence-electron chi connectivity index (χ4n) is 3.44. The number of unbranched alkanes of at least 4 members (excludes halogenated alkanes) is 1. The molecule has 1 aromatic carbocycles. The molecule has 5 heteroatoms. The van der Waals surface area contributed by atoms with E-state index in [1.54, 1.807) is 6.20 Å². The van der Waals surface area contributed by atoms with Crippen LogP contribution in [0.3, 0.4) is 0 Å². The maximum absolute atomic E-state index is 6.30. The Bertz CT molecular complexity index is 596. The van der Waals surface area contributed by atoms with Crippen molar-refractivity contribution in [3.63, 3.8) is 0 Å². The van der Waals surface area contributed by atoms with E-state index in [2.05, 4.69) is 34.5 Å². The molecule has 0 aliphatic carbocycles. The summed E-state index contributed by atoms with van der Waals surface area (Å²) in [6.45, 7) is 0.765. The Labute approximate surface area is 157 Å². The molecule has 2 rings (SSSR count). The maximum Gasteiger partial charge on any atom is 0.0652 e. The van der Waals surface area contributed by atoms with Crippen LogP contribution in [0.25, 0.3) is 11.3 Å². The number of nitrogens with two attached hydrogens (primary N) is 3. The van der Waals surface area contributed by atoms with E-state index in [0.29, 0.717) is 6.04 Å². The smallest absolute Gasteiger partial charge is 0.0652 e. The monoisotopic (exact) mass is 357 g/mol. The summed E-state index contributed by atoms with van der Waals surface area (Å²) < 4.78 is 0. The molecule has 2 unspecified atom stereocenters. The van der Waals surface area contributed by atoms with Gasteiger partial charge in [-0.25, -0.2) is 0 Å². The SMILES string of the molecule is NCCCCC(N)CCCC(N)CCCc1ccccc1-c1ccn[nH]1. The van der Waals surface area contributed by atoms with Crippen molar-refractivity contribution in [1.82, 2.24) is 10.2 Å². The Kier molecular flexibility index (Phi) is 9.39. The van der Waals surface area contributed by atoms with Crippen molar-refractivity contribution < 1.29 is 0 Å². The Hall–Kier alpha value is -1.69. The van der Waals surface area contributed by atoms with Gasteiger partial charge in [0.2, 0.25) is 0 Å². The molecule has 0 saturated carbocycles. The van der Waals surface area contributed by atoms with E-state index in [1.165, 1.54) is 11.1 Å². The Balaban J connectivity index is 1.65. The molecule has 0 aliphatic heterocycles. The summed E-state index contributed by atoms with van der Waals surface area (Å²) in [5.41, 5.74) is 21.6. The van der Waals surface area contributed by atoms with Gasteiger partial charge in [-0.15, -0.1) is 0 Å². The summed E-state index contributed by atoms with van der Waals surface area (Å²) in [6.07, 6.45) is 11.5. The van der Waals surface area contributed by atoms with Crippen LogP contribution in [0.2, 0.25) is 0 Å². The van der Waals surface area contributed by atoms with Crippen molar-refractivity contribution in [2.45, 2.75) is 69.9 Å². The van der Waals surface area contributed by atoms with E-state index in [9.17, 15) is 0 Å². The zero-order chi connectivity index (χ0) is 18.6. The molecular weight excluding hydrogens is 322 g/mol. The van der Waals surface area contributed by atoms with Crippen molar-refractivity contribution in [2.24, 2.45) is 17.2 Å². The van der Waals surface area contributed by atoms with Crippen LogP contribution < -0.4 is 17.2 Å². The first-order valence-corrected chi connectivity index (χ1v) is 9.99. The third-order valence-electron chi connectivity index (χ3n) is 5.01. The number of hydrogen-bond acceptors (Lipinski definition) is 4. The number of nitrogens with one attached hydrogen (secondary N) is 1. The van der Waals surface area contributed by atoms with Crippen LogP contribution in [0.4, 0.5) is 0 Å². The molecule has 0 amide bonds. The second-order valence-corrected chi connectivity index (χ2v) is 7.26. The van der Waals surface area contributed by atoms with Crippen LogP contribution in [0.1, 0.15) is 56.9 Å². The molecular formula is C21H35N5. The highest BCUT2D eigenvalue weighted by Crippen LogP contribution is 2.23. The molecule has 0 spiro atoms. The molecule has 0 radical (unpaired) electrons. The first kappa shape index (κ1) is 20.6. The first-order chi connectivity index (χ1) is 12.7. The lowest BCUT2D eigenvalue weighted by atomic mass is 9.96. The van der Waals surface area contributed by atoms with Crippen LogP contribution in [0.5, 0.6) is 0 Å². The molecule has 7 N–H and O–H groups in total. The predicted octanol–water partition coefficient (Wildman–Crippen LogP) is 3.35. The standard InChI is InChI=1S/C21H35N5/c22-15-4-3-9-18(23)11-6-12-19(24)10-5-8-17-7-1-2-13-20(17)21-14-16-25-26-21/h1-2,7,13-14,16,18-19H,3-6,8-12,15,22-24H2,(H,25,26). The van der Waals surface area contributed by atoms with Crippen molar-refractivity contribution >= 4 is 0 Å². The molecule has 2 aromatic rings. The van der Waals surface area contributed by atoms with Crippen molar-refractivity contribution in [1.29, 1.82) is 0 Å². The van der Waals surface area contributed by atoms with Gasteiger partial charge in [0.1, 0.15) is 0 Å². The lowest BCUT2D eigenvalue weighted by Crippen LogP contribution is -2.23. The molecule has 0 fully saturated rings. The second-order valence-electron chi connectivity index (χ2n) is 7.26. The van der Waals surface area contributed by atoms with Gasteiger partial charge in [0, 0.05) is 23.8 Å². The highest BCUT2D eigenvalue weighted by molar-refractivity contribution is 5.63. The summed E-state index contributed by atoms with van der Waals surface area (Å²) in [4.78, 5) is 0. The quantitative estimate of drug-likeness (QED) is 0.412. The lowest BCUT2D eigenvalue weighted by molar-refractivity contribution is 0.467. The molecule has 5 nitrogen and oxygen atoms in total. The van der Waals surface area contributed by atoms with Crippen LogP contribution in [0, 0.1) is 0 Å².